The lowest BCUT2D eigenvalue weighted by molar-refractivity contribution is -0.160. The Hall–Kier alpha value is -2.37. The third-order valence-corrected chi connectivity index (χ3v) is 3.56. The van der Waals surface area contributed by atoms with Gasteiger partial charge >= 0.3 is 5.97 Å². The van der Waals surface area contributed by atoms with Gasteiger partial charge in [0.2, 0.25) is 0 Å². The zero-order valence-corrected chi connectivity index (χ0v) is 12.0. The Bertz CT molecular complexity index is 636. The number of nitrogens with zero attached hydrogens (tertiary/aromatic N) is 1. The van der Waals surface area contributed by atoms with E-state index in [0.717, 1.165) is 4.90 Å². The lowest BCUT2D eigenvalue weighted by atomic mass is 9.97. The summed E-state index contributed by atoms with van der Waals surface area (Å²) in [5.74, 6) is -2.00. The number of carboxylic acids is 1. The van der Waals surface area contributed by atoms with Gasteiger partial charge in [0.25, 0.3) is 5.91 Å². The van der Waals surface area contributed by atoms with Gasteiger partial charge in [-0.15, -0.1) is 0 Å². The fourth-order valence-corrected chi connectivity index (χ4v) is 2.08. The molecule has 0 atom stereocenters. The zero-order valence-electron chi connectivity index (χ0n) is 12.0. The van der Waals surface area contributed by atoms with Crippen LogP contribution in [0.3, 0.4) is 0 Å². The summed E-state index contributed by atoms with van der Waals surface area (Å²) in [5, 5.41) is 9.25. The van der Waals surface area contributed by atoms with Crippen molar-refractivity contribution in [3.05, 3.63) is 41.4 Å². The van der Waals surface area contributed by atoms with Crippen molar-refractivity contribution in [1.29, 1.82) is 0 Å². The topological polar surface area (TPSA) is 66.8 Å². The van der Waals surface area contributed by atoms with Crippen LogP contribution < -0.4 is 0 Å². The second kappa shape index (κ2) is 5.20. The molecule has 0 bridgehead atoms. The molecule has 0 radical (unpaired) electrons. The summed E-state index contributed by atoms with van der Waals surface area (Å²) in [5.41, 5.74) is -1.30. The number of benzene rings is 1. The fraction of sp³-hybridized carbons (Fsp3) is 0.333. The number of carboxylic acid groups (broad SMARTS) is 1. The van der Waals surface area contributed by atoms with Crippen LogP contribution in [-0.4, -0.2) is 34.2 Å². The Balaban J connectivity index is 2.50. The third kappa shape index (κ3) is 2.49. The molecular formula is C15H16FNO4. The average Bonchev–Trinajstić information content (AvgIpc) is 2.40. The summed E-state index contributed by atoms with van der Waals surface area (Å²) in [6.45, 7) is 4.18. The van der Waals surface area contributed by atoms with Gasteiger partial charge in [-0.05, 0) is 26.8 Å². The van der Waals surface area contributed by atoms with Gasteiger partial charge in [-0.1, -0.05) is 18.2 Å². The van der Waals surface area contributed by atoms with Gasteiger partial charge in [0.05, 0.1) is 5.57 Å². The number of allylic oxidation sites excluding steroid dienone is 1. The maximum atomic E-state index is 13.9. The molecule has 0 aliphatic carbocycles. The normalized spacial score (nSPS) is 16.0. The van der Waals surface area contributed by atoms with Gasteiger partial charge in [0.1, 0.15) is 17.1 Å². The van der Waals surface area contributed by atoms with Gasteiger partial charge in [-0.25, -0.2) is 9.18 Å². The summed E-state index contributed by atoms with van der Waals surface area (Å²) >= 11 is 0. The lowest BCUT2D eigenvalue weighted by Gasteiger charge is -2.38. The molecule has 1 amide bonds. The number of amides is 1. The summed E-state index contributed by atoms with van der Waals surface area (Å²) in [7, 11) is 0. The summed E-state index contributed by atoms with van der Waals surface area (Å²) in [6, 6.07) is 5.83. The molecule has 5 nitrogen and oxygen atoms in total. The van der Waals surface area contributed by atoms with Gasteiger partial charge in [-0.3, -0.25) is 9.69 Å². The summed E-state index contributed by atoms with van der Waals surface area (Å²) in [4.78, 5) is 25.0. The zero-order chi connectivity index (χ0) is 15.8. The Morgan fingerprint density at radius 3 is 2.57 bits per heavy atom. The molecule has 1 aliphatic rings. The molecular weight excluding hydrogens is 277 g/mol. The monoisotopic (exact) mass is 293 g/mol. The Morgan fingerprint density at radius 2 is 2.00 bits per heavy atom. The molecule has 2 rings (SSSR count). The number of rotatable bonds is 3. The highest BCUT2D eigenvalue weighted by Gasteiger charge is 2.42. The van der Waals surface area contributed by atoms with E-state index in [9.17, 15) is 19.1 Å². The Labute approximate surface area is 121 Å². The molecule has 21 heavy (non-hydrogen) atoms. The van der Waals surface area contributed by atoms with Crippen molar-refractivity contribution in [2.75, 3.05) is 6.73 Å². The van der Waals surface area contributed by atoms with Gasteiger partial charge in [0, 0.05) is 5.56 Å². The van der Waals surface area contributed by atoms with Crippen molar-refractivity contribution >= 4 is 17.4 Å². The highest BCUT2D eigenvalue weighted by atomic mass is 19.1. The highest BCUT2D eigenvalue weighted by Crippen LogP contribution is 2.31. The van der Waals surface area contributed by atoms with E-state index < -0.39 is 23.2 Å². The van der Waals surface area contributed by atoms with E-state index in [-0.39, 0.29) is 23.6 Å². The third-order valence-electron chi connectivity index (χ3n) is 3.56. The van der Waals surface area contributed by atoms with Gasteiger partial charge in [-0.2, -0.15) is 0 Å². The van der Waals surface area contributed by atoms with E-state index in [1.807, 2.05) is 0 Å². The number of ether oxygens (including phenoxy) is 1. The van der Waals surface area contributed by atoms with Crippen molar-refractivity contribution in [1.82, 2.24) is 4.90 Å². The minimum absolute atomic E-state index is 0.0497. The minimum atomic E-state index is -1.45. The van der Waals surface area contributed by atoms with Crippen molar-refractivity contribution in [2.45, 2.75) is 26.3 Å². The van der Waals surface area contributed by atoms with Crippen LogP contribution in [0.25, 0.3) is 5.57 Å². The van der Waals surface area contributed by atoms with E-state index in [1.54, 1.807) is 13.0 Å². The predicted molar refractivity (Wildman–Crippen MR) is 73.5 cm³/mol. The van der Waals surface area contributed by atoms with E-state index in [0.29, 0.717) is 0 Å². The first kappa shape index (κ1) is 15.0. The number of carbonyl (C=O) groups excluding carboxylic acids is 1. The molecule has 6 heteroatoms. The van der Waals surface area contributed by atoms with E-state index in [1.165, 1.54) is 32.0 Å². The van der Waals surface area contributed by atoms with Crippen LogP contribution in [0.4, 0.5) is 4.39 Å². The summed E-state index contributed by atoms with van der Waals surface area (Å²) < 4.78 is 19.3. The number of aliphatic carboxylic acids is 1. The molecule has 1 heterocycles. The number of hydrogen-bond acceptors (Lipinski definition) is 3. The Kier molecular flexibility index (Phi) is 3.72. The van der Waals surface area contributed by atoms with Crippen LogP contribution in [0.5, 0.6) is 0 Å². The van der Waals surface area contributed by atoms with Crippen molar-refractivity contribution in [3.8, 4) is 0 Å². The molecule has 1 aromatic rings. The van der Waals surface area contributed by atoms with Crippen molar-refractivity contribution in [2.24, 2.45) is 0 Å². The van der Waals surface area contributed by atoms with Crippen molar-refractivity contribution in [3.63, 3.8) is 0 Å². The molecule has 0 saturated carbocycles. The van der Waals surface area contributed by atoms with Crippen LogP contribution in [0.15, 0.2) is 30.0 Å². The van der Waals surface area contributed by atoms with Crippen LogP contribution in [0, 0.1) is 5.82 Å². The minimum Gasteiger partial charge on any atom is -0.480 e. The second-order valence-electron chi connectivity index (χ2n) is 5.28. The SMILES string of the molecule is CC1=C(c2ccccc2F)C(=O)N(C(C)(C)C(=O)O)CO1. The van der Waals surface area contributed by atoms with Gasteiger partial charge in [0.15, 0.2) is 6.73 Å². The molecule has 0 spiro atoms. The van der Waals surface area contributed by atoms with E-state index >= 15 is 0 Å². The largest absolute Gasteiger partial charge is 0.480 e. The number of halogens is 1. The maximum Gasteiger partial charge on any atom is 0.329 e. The smallest absolute Gasteiger partial charge is 0.329 e. The van der Waals surface area contributed by atoms with E-state index in [2.05, 4.69) is 0 Å². The molecule has 0 unspecified atom stereocenters. The molecule has 1 aromatic carbocycles. The fourth-order valence-electron chi connectivity index (χ4n) is 2.08. The first-order chi connectivity index (χ1) is 9.76. The predicted octanol–water partition coefficient (Wildman–Crippen LogP) is 2.24. The molecule has 1 aliphatic heterocycles. The number of hydrogen-bond donors (Lipinski definition) is 1. The molecule has 1 N–H and O–H groups in total. The number of carbonyl (C=O) groups is 2. The van der Waals surface area contributed by atoms with E-state index in [4.69, 9.17) is 4.74 Å². The molecule has 0 fully saturated rings. The molecule has 112 valence electrons. The van der Waals surface area contributed by atoms with Crippen LogP contribution in [-0.2, 0) is 14.3 Å². The van der Waals surface area contributed by atoms with Crippen LogP contribution >= 0.6 is 0 Å². The summed E-state index contributed by atoms with van der Waals surface area (Å²) in [6.07, 6.45) is 0. The second-order valence-corrected chi connectivity index (χ2v) is 5.28. The van der Waals surface area contributed by atoms with Crippen LogP contribution in [0.2, 0.25) is 0 Å². The standard InChI is InChI=1S/C15H16FNO4/c1-9-12(10-6-4-5-7-11(10)16)13(18)17(8-21-9)15(2,3)14(19)20/h4-7H,8H2,1-3H3,(H,19,20). The van der Waals surface area contributed by atoms with Crippen molar-refractivity contribution < 1.29 is 23.8 Å². The maximum absolute atomic E-state index is 13.9. The molecule has 0 aromatic heterocycles. The molecule has 0 saturated heterocycles. The quantitative estimate of drug-likeness (QED) is 0.928. The van der Waals surface area contributed by atoms with Gasteiger partial charge < -0.3 is 9.84 Å². The first-order valence-electron chi connectivity index (χ1n) is 6.40. The first-order valence-corrected chi connectivity index (χ1v) is 6.40. The lowest BCUT2D eigenvalue weighted by Crippen LogP contribution is -2.55. The highest BCUT2D eigenvalue weighted by molar-refractivity contribution is 6.21. The average molecular weight is 293 g/mol. The van der Waals surface area contributed by atoms with Crippen LogP contribution in [0.1, 0.15) is 26.3 Å². The Morgan fingerprint density at radius 1 is 1.38 bits per heavy atom.